The molecule has 1 aromatic carbocycles. The predicted octanol–water partition coefficient (Wildman–Crippen LogP) is 3.16. The van der Waals surface area contributed by atoms with Gasteiger partial charge in [0.25, 0.3) is 0 Å². The Hall–Kier alpha value is -0.340. The summed E-state index contributed by atoms with van der Waals surface area (Å²) >= 11 is 3.66. The van der Waals surface area contributed by atoms with E-state index in [0.29, 0.717) is 6.04 Å². The monoisotopic (exact) mass is 267 g/mol. The van der Waals surface area contributed by atoms with Crippen molar-refractivity contribution in [3.63, 3.8) is 0 Å². The van der Waals surface area contributed by atoms with Crippen molar-refractivity contribution in [1.82, 2.24) is 5.32 Å². The van der Waals surface area contributed by atoms with Crippen molar-refractivity contribution in [2.45, 2.75) is 32.2 Å². The molecule has 0 saturated heterocycles. The molecule has 0 amide bonds. The molecule has 2 unspecified atom stereocenters. The second-order valence-electron chi connectivity index (χ2n) is 4.46. The minimum atomic E-state index is 0.616. The first-order valence-electron chi connectivity index (χ1n) is 5.66. The largest absolute Gasteiger partial charge is 0.317 e. The minimum absolute atomic E-state index is 0.616. The van der Waals surface area contributed by atoms with Gasteiger partial charge in [-0.25, -0.2) is 0 Å². The van der Waals surface area contributed by atoms with Crippen LogP contribution in [0.15, 0.2) is 22.7 Å². The number of nitrogens with one attached hydrogen (secondary N) is 1. The summed E-state index contributed by atoms with van der Waals surface area (Å²) in [5.41, 5.74) is 3.06. The molecule has 2 heteroatoms. The molecule has 0 radical (unpaired) electrons. The molecule has 0 heterocycles. The lowest BCUT2D eigenvalue weighted by Crippen LogP contribution is -2.34. The van der Waals surface area contributed by atoms with E-state index in [1.807, 2.05) is 0 Å². The van der Waals surface area contributed by atoms with Gasteiger partial charge in [-0.15, -0.1) is 0 Å². The smallest absolute Gasteiger partial charge is 0.0210 e. The van der Waals surface area contributed by atoms with Gasteiger partial charge in [-0.1, -0.05) is 28.1 Å². The lowest BCUT2D eigenvalue weighted by atomic mass is 9.80. The number of rotatable bonds is 2. The standard InChI is InChI=1S/C13H18BrN/c1-9(15-2)11-7-6-10-4-3-5-13(14)12(10)8-11/h3-5,9,11,15H,6-8H2,1-2H3. The molecular weight excluding hydrogens is 250 g/mol. The lowest BCUT2D eigenvalue weighted by Gasteiger charge is -2.29. The Balaban J connectivity index is 2.22. The van der Waals surface area contributed by atoms with E-state index in [1.54, 1.807) is 0 Å². The second-order valence-corrected chi connectivity index (χ2v) is 5.31. The van der Waals surface area contributed by atoms with E-state index in [9.17, 15) is 0 Å². The van der Waals surface area contributed by atoms with Crippen LogP contribution in [0, 0.1) is 5.92 Å². The molecule has 0 aliphatic heterocycles. The van der Waals surface area contributed by atoms with E-state index in [-0.39, 0.29) is 0 Å². The number of benzene rings is 1. The van der Waals surface area contributed by atoms with Gasteiger partial charge in [0.2, 0.25) is 0 Å². The quantitative estimate of drug-likeness (QED) is 0.868. The van der Waals surface area contributed by atoms with Crippen molar-refractivity contribution < 1.29 is 0 Å². The predicted molar refractivity (Wildman–Crippen MR) is 68.2 cm³/mol. The molecule has 82 valence electrons. The maximum Gasteiger partial charge on any atom is 0.0210 e. The van der Waals surface area contributed by atoms with Crippen LogP contribution >= 0.6 is 15.9 Å². The van der Waals surface area contributed by atoms with Gasteiger partial charge in [0, 0.05) is 10.5 Å². The first-order chi connectivity index (χ1) is 7.22. The van der Waals surface area contributed by atoms with Gasteiger partial charge in [0.1, 0.15) is 0 Å². The van der Waals surface area contributed by atoms with Crippen molar-refractivity contribution in [3.05, 3.63) is 33.8 Å². The summed E-state index contributed by atoms with van der Waals surface area (Å²) < 4.78 is 1.29. The van der Waals surface area contributed by atoms with Crippen LogP contribution in [0.2, 0.25) is 0 Å². The van der Waals surface area contributed by atoms with Gasteiger partial charge >= 0.3 is 0 Å². The molecule has 15 heavy (non-hydrogen) atoms. The topological polar surface area (TPSA) is 12.0 Å². The highest BCUT2D eigenvalue weighted by Gasteiger charge is 2.23. The Morgan fingerprint density at radius 3 is 3.00 bits per heavy atom. The lowest BCUT2D eigenvalue weighted by molar-refractivity contribution is 0.354. The maximum absolute atomic E-state index is 3.66. The summed E-state index contributed by atoms with van der Waals surface area (Å²) in [6.45, 7) is 2.28. The van der Waals surface area contributed by atoms with E-state index in [0.717, 1.165) is 5.92 Å². The van der Waals surface area contributed by atoms with E-state index >= 15 is 0 Å². The molecule has 1 aliphatic rings. The summed E-state index contributed by atoms with van der Waals surface area (Å²) in [5, 5.41) is 3.37. The van der Waals surface area contributed by atoms with E-state index in [4.69, 9.17) is 0 Å². The molecule has 1 aliphatic carbocycles. The highest BCUT2D eigenvalue weighted by atomic mass is 79.9. The SMILES string of the molecule is CNC(C)C1CCc2cccc(Br)c2C1. The summed E-state index contributed by atoms with van der Waals surface area (Å²) in [5.74, 6) is 0.779. The molecule has 0 saturated carbocycles. The Labute approximate surface area is 100 Å². The van der Waals surface area contributed by atoms with Crippen LogP contribution in [0.1, 0.15) is 24.5 Å². The Morgan fingerprint density at radius 1 is 1.47 bits per heavy atom. The van der Waals surface area contributed by atoms with E-state index in [1.165, 1.54) is 34.9 Å². The molecule has 0 spiro atoms. The molecule has 0 aromatic heterocycles. The summed E-state index contributed by atoms with van der Waals surface area (Å²) in [6.07, 6.45) is 3.75. The molecule has 1 aromatic rings. The van der Waals surface area contributed by atoms with Gasteiger partial charge in [0.05, 0.1) is 0 Å². The average Bonchev–Trinajstić information content (AvgIpc) is 2.28. The van der Waals surface area contributed by atoms with Crippen molar-refractivity contribution in [3.8, 4) is 0 Å². The van der Waals surface area contributed by atoms with E-state index < -0.39 is 0 Å². The molecule has 2 rings (SSSR count). The average molecular weight is 268 g/mol. The Bertz CT molecular complexity index is 348. The Morgan fingerprint density at radius 2 is 2.27 bits per heavy atom. The van der Waals surface area contributed by atoms with Crippen molar-refractivity contribution >= 4 is 15.9 Å². The molecular formula is C13H18BrN. The first-order valence-corrected chi connectivity index (χ1v) is 6.45. The summed E-state index contributed by atoms with van der Waals surface area (Å²) in [4.78, 5) is 0. The van der Waals surface area contributed by atoms with Gasteiger partial charge in [-0.2, -0.15) is 0 Å². The van der Waals surface area contributed by atoms with Crippen molar-refractivity contribution in [2.75, 3.05) is 7.05 Å². The number of hydrogen-bond acceptors (Lipinski definition) is 1. The van der Waals surface area contributed by atoms with Gasteiger partial charge in [-0.05, 0) is 56.3 Å². The molecule has 1 N–H and O–H groups in total. The van der Waals surface area contributed by atoms with Crippen molar-refractivity contribution in [1.29, 1.82) is 0 Å². The van der Waals surface area contributed by atoms with Crippen LogP contribution in [-0.2, 0) is 12.8 Å². The van der Waals surface area contributed by atoms with Crippen LogP contribution < -0.4 is 5.32 Å². The Kier molecular flexibility index (Phi) is 3.47. The second kappa shape index (κ2) is 4.67. The first kappa shape index (κ1) is 11.2. The molecule has 2 atom stereocenters. The molecule has 1 nitrogen and oxygen atoms in total. The van der Waals surface area contributed by atoms with Gasteiger partial charge in [0.15, 0.2) is 0 Å². The van der Waals surface area contributed by atoms with Crippen LogP contribution in [0.4, 0.5) is 0 Å². The van der Waals surface area contributed by atoms with Gasteiger partial charge < -0.3 is 5.32 Å². The third-order valence-corrected chi connectivity index (χ3v) is 4.37. The fraction of sp³-hybridized carbons (Fsp3) is 0.538. The van der Waals surface area contributed by atoms with Crippen LogP contribution in [0.5, 0.6) is 0 Å². The van der Waals surface area contributed by atoms with Crippen LogP contribution in [-0.4, -0.2) is 13.1 Å². The van der Waals surface area contributed by atoms with Gasteiger partial charge in [-0.3, -0.25) is 0 Å². The zero-order chi connectivity index (χ0) is 10.8. The number of fused-ring (bicyclic) bond motifs is 1. The third-order valence-electron chi connectivity index (χ3n) is 3.63. The number of halogens is 1. The normalized spacial score (nSPS) is 22.2. The van der Waals surface area contributed by atoms with Crippen LogP contribution in [0.3, 0.4) is 0 Å². The van der Waals surface area contributed by atoms with Crippen molar-refractivity contribution in [2.24, 2.45) is 5.92 Å². The molecule has 0 bridgehead atoms. The van der Waals surface area contributed by atoms with Crippen LogP contribution in [0.25, 0.3) is 0 Å². The minimum Gasteiger partial charge on any atom is -0.317 e. The number of aryl methyl sites for hydroxylation is 1. The zero-order valence-electron chi connectivity index (χ0n) is 9.39. The third kappa shape index (κ3) is 2.26. The maximum atomic E-state index is 3.66. The zero-order valence-corrected chi connectivity index (χ0v) is 11.0. The molecule has 0 fully saturated rings. The fourth-order valence-corrected chi connectivity index (χ4v) is 3.00. The highest BCUT2D eigenvalue weighted by Crippen LogP contribution is 2.32. The number of hydrogen-bond donors (Lipinski definition) is 1. The summed E-state index contributed by atoms with van der Waals surface area (Å²) in [7, 11) is 2.06. The van der Waals surface area contributed by atoms with E-state index in [2.05, 4.69) is 53.4 Å². The highest BCUT2D eigenvalue weighted by molar-refractivity contribution is 9.10. The summed E-state index contributed by atoms with van der Waals surface area (Å²) in [6, 6.07) is 7.18. The fourth-order valence-electron chi connectivity index (χ4n) is 2.43.